The van der Waals surface area contributed by atoms with E-state index in [1.807, 2.05) is 26.0 Å². The highest BCUT2D eigenvalue weighted by molar-refractivity contribution is 6.01. The third-order valence-corrected chi connectivity index (χ3v) is 4.79. The Morgan fingerprint density at radius 3 is 2.45 bits per heavy atom. The van der Waals surface area contributed by atoms with Crippen LogP contribution < -0.4 is 11.1 Å². The van der Waals surface area contributed by atoms with Crippen LogP contribution in [-0.2, 0) is 20.9 Å². The van der Waals surface area contributed by atoms with E-state index in [1.54, 1.807) is 0 Å². The zero-order valence-electron chi connectivity index (χ0n) is 18.1. The van der Waals surface area contributed by atoms with Gasteiger partial charge >= 0.3 is 5.97 Å². The summed E-state index contributed by atoms with van der Waals surface area (Å²) < 4.78 is 7.29. The molecule has 8 heteroatoms. The molecule has 0 fully saturated rings. The summed E-state index contributed by atoms with van der Waals surface area (Å²) in [6.45, 7) is 8.22. The van der Waals surface area contributed by atoms with Crippen molar-refractivity contribution in [2.45, 2.75) is 46.8 Å². The van der Waals surface area contributed by atoms with E-state index in [4.69, 9.17) is 10.5 Å². The van der Waals surface area contributed by atoms with Gasteiger partial charge in [-0.25, -0.2) is 4.79 Å². The van der Waals surface area contributed by atoms with Gasteiger partial charge in [-0.05, 0) is 69.2 Å². The molecule has 0 saturated heterocycles. The van der Waals surface area contributed by atoms with E-state index in [0.29, 0.717) is 11.3 Å². The number of hydrogen-bond acceptors (Lipinski definition) is 5. The highest BCUT2D eigenvalue weighted by atomic mass is 16.5. The fourth-order valence-electron chi connectivity index (χ4n) is 3.07. The summed E-state index contributed by atoms with van der Waals surface area (Å²) in [6, 6.07) is 9.73. The van der Waals surface area contributed by atoms with Gasteiger partial charge < -0.3 is 20.4 Å². The number of ether oxygens (including phenoxy) is 1. The van der Waals surface area contributed by atoms with Crippen LogP contribution in [0.2, 0.25) is 0 Å². The van der Waals surface area contributed by atoms with E-state index >= 15 is 0 Å². The number of nitrogens with two attached hydrogens (primary N) is 1. The van der Waals surface area contributed by atoms with Crippen molar-refractivity contribution in [3.05, 3.63) is 58.4 Å². The second-order valence-corrected chi connectivity index (χ2v) is 7.13. The molecular weight excluding hydrogens is 396 g/mol. The molecule has 0 aliphatic carbocycles. The second kappa shape index (κ2) is 10.3. The van der Waals surface area contributed by atoms with Gasteiger partial charge in [-0.2, -0.15) is 5.26 Å². The number of nitrogens with zero attached hydrogens (tertiary/aromatic N) is 2. The van der Waals surface area contributed by atoms with Crippen molar-refractivity contribution in [3.8, 4) is 6.07 Å². The van der Waals surface area contributed by atoms with Crippen LogP contribution in [0, 0.1) is 25.2 Å². The van der Waals surface area contributed by atoms with Gasteiger partial charge in [0.15, 0.2) is 6.10 Å². The fourth-order valence-corrected chi connectivity index (χ4v) is 3.07. The lowest BCUT2D eigenvalue weighted by Gasteiger charge is -2.13. The molecule has 2 amide bonds. The Labute approximate surface area is 181 Å². The van der Waals surface area contributed by atoms with Gasteiger partial charge in [0.05, 0.1) is 0 Å². The maximum atomic E-state index is 12.4. The lowest BCUT2D eigenvalue weighted by Crippen LogP contribution is -2.30. The number of aromatic nitrogens is 1. The molecule has 0 bridgehead atoms. The van der Waals surface area contributed by atoms with Crippen LogP contribution in [0.4, 0.5) is 5.69 Å². The van der Waals surface area contributed by atoms with E-state index in [1.165, 1.54) is 37.3 Å². The van der Waals surface area contributed by atoms with Crippen LogP contribution in [0.1, 0.15) is 47.6 Å². The smallest absolute Gasteiger partial charge is 0.349 e. The topological polar surface area (TPSA) is 127 Å². The van der Waals surface area contributed by atoms with E-state index < -0.39 is 23.9 Å². The van der Waals surface area contributed by atoms with Gasteiger partial charge in [0.25, 0.3) is 5.91 Å². The number of benzene rings is 1. The summed E-state index contributed by atoms with van der Waals surface area (Å²) >= 11 is 0. The number of esters is 1. The molecule has 8 nitrogen and oxygen atoms in total. The molecule has 1 aromatic carbocycles. The molecule has 0 spiro atoms. The molecule has 1 aromatic heterocycles. The van der Waals surface area contributed by atoms with Crippen molar-refractivity contribution in [1.82, 2.24) is 4.57 Å². The minimum Gasteiger partial charge on any atom is -0.448 e. The third-order valence-electron chi connectivity index (χ3n) is 4.79. The Bertz CT molecular complexity index is 1060. The monoisotopic (exact) mass is 422 g/mol. The molecule has 0 radical (unpaired) electrons. The molecule has 1 heterocycles. The predicted octanol–water partition coefficient (Wildman–Crippen LogP) is 3.09. The summed E-state index contributed by atoms with van der Waals surface area (Å²) in [7, 11) is 0. The maximum Gasteiger partial charge on any atom is 0.349 e. The minimum atomic E-state index is -1.13. The number of hydrogen-bond donors (Lipinski definition) is 2. The first-order chi connectivity index (χ1) is 14.7. The van der Waals surface area contributed by atoms with Crippen LogP contribution in [-0.4, -0.2) is 28.5 Å². The highest BCUT2D eigenvalue weighted by Crippen LogP contribution is 2.19. The quantitative estimate of drug-likeness (QED) is 0.384. The van der Waals surface area contributed by atoms with Gasteiger partial charge in [0.2, 0.25) is 5.91 Å². The summed E-state index contributed by atoms with van der Waals surface area (Å²) in [6.07, 6.45) is 1.31. The van der Waals surface area contributed by atoms with Crippen LogP contribution >= 0.6 is 0 Å². The Morgan fingerprint density at radius 1 is 1.26 bits per heavy atom. The molecule has 0 unspecified atom stereocenters. The first-order valence-electron chi connectivity index (χ1n) is 9.88. The molecule has 2 rings (SSSR count). The summed E-state index contributed by atoms with van der Waals surface area (Å²) in [5.74, 6) is -2.03. The van der Waals surface area contributed by atoms with E-state index in [-0.39, 0.29) is 5.57 Å². The van der Waals surface area contributed by atoms with Crippen molar-refractivity contribution < 1.29 is 19.1 Å². The first kappa shape index (κ1) is 23.4. The Kier molecular flexibility index (Phi) is 7.75. The first-order valence-corrected chi connectivity index (χ1v) is 9.88. The van der Waals surface area contributed by atoms with E-state index in [9.17, 15) is 19.6 Å². The minimum absolute atomic E-state index is 0.192. The number of nitrogens with one attached hydrogen (secondary N) is 1. The molecular formula is C23H26N4O4. The van der Waals surface area contributed by atoms with Crippen LogP contribution in [0.5, 0.6) is 0 Å². The number of carbonyl (C=O) groups is 3. The van der Waals surface area contributed by atoms with Crippen LogP contribution in [0.3, 0.4) is 0 Å². The summed E-state index contributed by atoms with van der Waals surface area (Å²) in [5.41, 5.74) is 8.45. The number of amides is 2. The fraction of sp³-hybridized carbons (Fsp3) is 0.304. The van der Waals surface area contributed by atoms with E-state index in [2.05, 4.69) is 16.8 Å². The highest BCUT2D eigenvalue weighted by Gasteiger charge is 2.21. The van der Waals surface area contributed by atoms with Crippen molar-refractivity contribution in [1.29, 1.82) is 5.26 Å². The van der Waals surface area contributed by atoms with E-state index in [0.717, 1.165) is 29.9 Å². The lowest BCUT2D eigenvalue weighted by atomic mass is 10.1. The average molecular weight is 422 g/mol. The number of primary amides is 1. The van der Waals surface area contributed by atoms with Crippen molar-refractivity contribution in [2.24, 2.45) is 5.73 Å². The molecule has 1 atom stereocenters. The SMILES string of the molecule is CCCn1c(C)cc(/C=C(\C#N)C(=O)O[C@H](C)C(=O)Nc2ccc(C(N)=O)cc2)c1C. The Balaban J connectivity index is 2.08. The van der Waals surface area contributed by atoms with Gasteiger partial charge in [-0.15, -0.1) is 0 Å². The van der Waals surface area contributed by atoms with Gasteiger partial charge in [0.1, 0.15) is 11.6 Å². The predicted molar refractivity (Wildman–Crippen MR) is 117 cm³/mol. The Hall–Kier alpha value is -3.86. The summed E-state index contributed by atoms with van der Waals surface area (Å²) in [4.78, 5) is 35.9. The molecule has 31 heavy (non-hydrogen) atoms. The largest absolute Gasteiger partial charge is 0.448 e. The maximum absolute atomic E-state index is 12.4. The van der Waals surface area contributed by atoms with Crippen molar-refractivity contribution >= 4 is 29.5 Å². The number of rotatable bonds is 8. The Morgan fingerprint density at radius 2 is 1.90 bits per heavy atom. The third kappa shape index (κ3) is 5.82. The molecule has 2 aromatic rings. The molecule has 0 aliphatic heterocycles. The van der Waals surface area contributed by atoms with Crippen molar-refractivity contribution in [3.63, 3.8) is 0 Å². The zero-order chi connectivity index (χ0) is 23.1. The zero-order valence-corrected chi connectivity index (χ0v) is 18.1. The molecule has 162 valence electrons. The van der Waals surface area contributed by atoms with Crippen LogP contribution in [0.25, 0.3) is 6.08 Å². The number of anilines is 1. The lowest BCUT2D eigenvalue weighted by molar-refractivity contribution is -0.148. The van der Waals surface area contributed by atoms with Gasteiger partial charge in [0, 0.05) is 29.2 Å². The van der Waals surface area contributed by atoms with Gasteiger partial charge in [-0.1, -0.05) is 6.92 Å². The molecule has 0 aliphatic rings. The molecule has 0 saturated carbocycles. The summed E-state index contributed by atoms with van der Waals surface area (Å²) in [5, 5.41) is 12.0. The van der Waals surface area contributed by atoms with Gasteiger partial charge in [-0.3, -0.25) is 9.59 Å². The molecule has 3 N–H and O–H groups in total. The second-order valence-electron chi connectivity index (χ2n) is 7.13. The average Bonchev–Trinajstić information content (AvgIpc) is 2.99. The van der Waals surface area contributed by atoms with Crippen LogP contribution in [0.15, 0.2) is 35.9 Å². The number of carbonyl (C=O) groups excluding carboxylic acids is 3. The normalized spacial score (nSPS) is 12.0. The number of nitriles is 1. The number of aryl methyl sites for hydroxylation is 1. The standard InChI is InChI=1S/C23H26N4O4/c1-5-10-27-14(2)11-18(15(27)3)12-19(13-24)23(30)31-16(4)22(29)26-20-8-6-17(7-9-20)21(25)28/h6-9,11-12,16H,5,10H2,1-4H3,(H2,25,28)(H,26,29)/b19-12+/t16-/m1/s1. The van der Waals surface area contributed by atoms with Crippen molar-refractivity contribution in [2.75, 3.05) is 5.32 Å².